The number of rotatable bonds is 3. The predicted octanol–water partition coefficient (Wildman–Crippen LogP) is 3.32. The zero-order chi connectivity index (χ0) is 19.1. The SMILES string of the molecule is CC1=C(C(=O)OC(C)C)C(c2ccc(C(C)(C)C)cc2)Nc2nnnn21. The first-order valence-corrected chi connectivity index (χ1v) is 8.76. The van der Waals surface area contributed by atoms with E-state index in [1.165, 1.54) is 10.2 Å². The zero-order valence-corrected chi connectivity index (χ0v) is 16.1. The Balaban J connectivity index is 2.04. The van der Waals surface area contributed by atoms with Gasteiger partial charge in [-0.05, 0) is 47.7 Å². The number of aromatic nitrogens is 4. The number of anilines is 1. The molecule has 7 heteroatoms. The number of carbonyl (C=O) groups excluding carboxylic acids is 1. The van der Waals surface area contributed by atoms with Crippen molar-refractivity contribution in [1.82, 2.24) is 20.2 Å². The second kappa shape index (κ2) is 6.55. The number of hydrogen-bond acceptors (Lipinski definition) is 6. The Morgan fingerprint density at radius 3 is 2.46 bits per heavy atom. The summed E-state index contributed by atoms with van der Waals surface area (Å²) in [5.74, 6) is 0.143. The molecule has 1 aliphatic rings. The van der Waals surface area contributed by atoms with Gasteiger partial charge in [0.2, 0.25) is 5.95 Å². The molecule has 0 spiro atoms. The van der Waals surface area contributed by atoms with E-state index < -0.39 is 0 Å². The summed E-state index contributed by atoms with van der Waals surface area (Å²) in [6.07, 6.45) is -0.206. The molecule has 0 amide bonds. The van der Waals surface area contributed by atoms with Crippen LogP contribution in [0.3, 0.4) is 0 Å². The fourth-order valence-corrected chi connectivity index (χ4v) is 3.00. The molecule has 7 nitrogen and oxygen atoms in total. The van der Waals surface area contributed by atoms with Gasteiger partial charge in [0.25, 0.3) is 0 Å². The third-order valence-electron chi connectivity index (χ3n) is 4.41. The maximum Gasteiger partial charge on any atom is 0.338 e. The van der Waals surface area contributed by atoms with Crippen molar-refractivity contribution in [2.24, 2.45) is 0 Å². The molecular formula is C19H25N5O2. The van der Waals surface area contributed by atoms with E-state index in [0.29, 0.717) is 17.2 Å². The lowest BCUT2D eigenvalue weighted by Gasteiger charge is -2.28. The summed E-state index contributed by atoms with van der Waals surface area (Å²) in [6, 6.07) is 7.89. The molecule has 0 saturated carbocycles. The van der Waals surface area contributed by atoms with Crippen LogP contribution in [-0.2, 0) is 14.9 Å². The molecule has 1 N–H and O–H groups in total. The van der Waals surface area contributed by atoms with Gasteiger partial charge in [0, 0.05) is 0 Å². The maximum atomic E-state index is 12.8. The lowest BCUT2D eigenvalue weighted by molar-refractivity contribution is -0.142. The highest BCUT2D eigenvalue weighted by atomic mass is 16.5. The fourth-order valence-electron chi connectivity index (χ4n) is 3.00. The molecule has 1 aliphatic heterocycles. The van der Waals surface area contributed by atoms with Gasteiger partial charge in [0.1, 0.15) is 0 Å². The first kappa shape index (κ1) is 18.1. The van der Waals surface area contributed by atoms with Gasteiger partial charge in [0.05, 0.1) is 23.4 Å². The fraction of sp³-hybridized carbons (Fsp3) is 0.474. The molecule has 0 radical (unpaired) electrons. The largest absolute Gasteiger partial charge is 0.459 e. The second-order valence-electron chi connectivity index (χ2n) is 7.82. The minimum Gasteiger partial charge on any atom is -0.459 e. The lowest BCUT2D eigenvalue weighted by atomic mass is 9.85. The van der Waals surface area contributed by atoms with E-state index in [4.69, 9.17) is 4.74 Å². The summed E-state index contributed by atoms with van der Waals surface area (Å²) in [7, 11) is 0. The van der Waals surface area contributed by atoms with Crippen LogP contribution in [-0.4, -0.2) is 32.3 Å². The van der Waals surface area contributed by atoms with Crippen LogP contribution in [0.15, 0.2) is 29.8 Å². The van der Waals surface area contributed by atoms with Crippen molar-refractivity contribution >= 4 is 17.6 Å². The number of carbonyl (C=O) groups is 1. The summed E-state index contributed by atoms with van der Waals surface area (Å²) < 4.78 is 6.99. The van der Waals surface area contributed by atoms with Crippen molar-refractivity contribution in [3.05, 3.63) is 41.0 Å². The molecule has 1 aromatic heterocycles. The Kier molecular flexibility index (Phi) is 4.56. The quantitative estimate of drug-likeness (QED) is 0.851. The van der Waals surface area contributed by atoms with Gasteiger partial charge >= 0.3 is 5.97 Å². The van der Waals surface area contributed by atoms with Crippen LogP contribution < -0.4 is 5.32 Å². The molecule has 26 heavy (non-hydrogen) atoms. The average Bonchev–Trinajstić information content (AvgIpc) is 3.02. The van der Waals surface area contributed by atoms with E-state index in [-0.39, 0.29) is 23.5 Å². The van der Waals surface area contributed by atoms with E-state index in [1.54, 1.807) is 0 Å². The maximum absolute atomic E-state index is 12.8. The van der Waals surface area contributed by atoms with E-state index in [9.17, 15) is 4.79 Å². The van der Waals surface area contributed by atoms with Crippen molar-refractivity contribution in [2.75, 3.05) is 5.32 Å². The molecule has 2 aromatic rings. The van der Waals surface area contributed by atoms with Gasteiger partial charge in [-0.25, -0.2) is 4.79 Å². The van der Waals surface area contributed by atoms with E-state index >= 15 is 0 Å². The highest BCUT2D eigenvalue weighted by Gasteiger charge is 2.34. The van der Waals surface area contributed by atoms with Gasteiger partial charge in [-0.1, -0.05) is 50.1 Å². The minimum absolute atomic E-state index is 0.0633. The second-order valence-corrected chi connectivity index (χ2v) is 7.82. The summed E-state index contributed by atoms with van der Waals surface area (Å²) in [5, 5.41) is 14.9. The van der Waals surface area contributed by atoms with Crippen LogP contribution in [0.4, 0.5) is 5.95 Å². The highest BCUT2D eigenvalue weighted by molar-refractivity contribution is 5.97. The van der Waals surface area contributed by atoms with Gasteiger partial charge in [-0.15, -0.1) is 0 Å². The standard InChI is InChI=1S/C19H25N5O2/c1-11(2)26-17(25)15-12(3)24-18(21-22-23-24)20-16(15)13-7-9-14(10-8-13)19(4,5)6/h7-11,16H,1-6H3,(H,20,21,23). The van der Waals surface area contributed by atoms with Crippen LogP contribution in [0.1, 0.15) is 58.7 Å². The highest BCUT2D eigenvalue weighted by Crippen LogP contribution is 2.36. The van der Waals surface area contributed by atoms with E-state index in [0.717, 1.165) is 5.56 Å². The van der Waals surface area contributed by atoms with Crippen molar-refractivity contribution in [1.29, 1.82) is 0 Å². The lowest BCUT2D eigenvalue weighted by Crippen LogP contribution is -2.29. The number of tetrazole rings is 1. The number of nitrogens with one attached hydrogen (secondary N) is 1. The Morgan fingerprint density at radius 1 is 1.23 bits per heavy atom. The molecule has 0 bridgehead atoms. The number of nitrogens with zero attached hydrogens (tertiary/aromatic N) is 4. The van der Waals surface area contributed by atoms with Gasteiger partial charge in [-0.2, -0.15) is 4.68 Å². The molecule has 1 atom stereocenters. The van der Waals surface area contributed by atoms with Crippen LogP contribution >= 0.6 is 0 Å². The predicted molar refractivity (Wildman–Crippen MR) is 99.4 cm³/mol. The summed E-state index contributed by atoms with van der Waals surface area (Å²) in [5.41, 5.74) is 3.44. The molecule has 0 fully saturated rings. The van der Waals surface area contributed by atoms with E-state index in [2.05, 4.69) is 53.7 Å². The molecule has 1 aromatic carbocycles. The molecule has 3 rings (SSSR count). The monoisotopic (exact) mass is 355 g/mol. The van der Waals surface area contributed by atoms with Crippen LogP contribution in [0, 0.1) is 0 Å². The summed E-state index contributed by atoms with van der Waals surface area (Å²) in [6.45, 7) is 12.0. The smallest absolute Gasteiger partial charge is 0.338 e. The molecule has 0 saturated heterocycles. The summed E-state index contributed by atoms with van der Waals surface area (Å²) >= 11 is 0. The van der Waals surface area contributed by atoms with Gasteiger partial charge in [-0.3, -0.25) is 0 Å². The first-order chi connectivity index (χ1) is 12.2. The summed E-state index contributed by atoms with van der Waals surface area (Å²) in [4.78, 5) is 12.8. The average molecular weight is 355 g/mol. The molecular weight excluding hydrogens is 330 g/mol. The third kappa shape index (κ3) is 3.34. The Labute approximate surface area is 153 Å². The van der Waals surface area contributed by atoms with Crippen molar-refractivity contribution < 1.29 is 9.53 Å². The Bertz CT molecular complexity index is 844. The van der Waals surface area contributed by atoms with Gasteiger partial charge in [0.15, 0.2) is 0 Å². The van der Waals surface area contributed by atoms with Crippen LogP contribution in [0.2, 0.25) is 0 Å². The number of esters is 1. The molecule has 138 valence electrons. The number of fused-ring (bicyclic) bond motifs is 1. The van der Waals surface area contributed by atoms with Crippen molar-refractivity contribution in [3.8, 4) is 0 Å². The minimum atomic E-state index is -0.367. The van der Waals surface area contributed by atoms with Crippen molar-refractivity contribution in [3.63, 3.8) is 0 Å². The Hall–Kier alpha value is -2.70. The van der Waals surface area contributed by atoms with Crippen molar-refractivity contribution in [2.45, 2.75) is 59.1 Å². The van der Waals surface area contributed by atoms with E-state index in [1.807, 2.05) is 32.9 Å². The third-order valence-corrected chi connectivity index (χ3v) is 4.41. The number of ether oxygens (including phenoxy) is 1. The molecule has 1 unspecified atom stereocenters. The normalized spacial score (nSPS) is 17.1. The molecule has 2 heterocycles. The number of allylic oxidation sites excluding steroid dienone is 1. The van der Waals surface area contributed by atoms with Crippen LogP contribution in [0.5, 0.6) is 0 Å². The zero-order valence-electron chi connectivity index (χ0n) is 16.1. The van der Waals surface area contributed by atoms with Gasteiger partial charge < -0.3 is 10.1 Å². The first-order valence-electron chi connectivity index (χ1n) is 8.76. The van der Waals surface area contributed by atoms with Crippen LogP contribution in [0.25, 0.3) is 5.70 Å². The number of benzene rings is 1. The topological polar surface area (TPSA) is 81.9 Å². The molecule has 0 aliphatic carbocycles. The number of hydrogen-bond donors (Lipinski definition) is 1. The Morgan fingerprint density at radius 2 is 1.88 bits per heavy atom.